The largest absolute Gasteiger partial charge is 0.479 e. The van der Waals surface area contributed by atoms with Gasteiger partial charge in [0.25, 0.3) is 5.91 Å². The van der Waals surface area contributed by atoms with Crippen LogP contribution < -0.4 is 15.4 Å². The molecule has 2 N–H and O–H groups in total. The van der Waals surface area contributed by atoms with Gasteiger partial charge in [0.15, 0.2) is 6.10 Å². The third-order valence-electron chi connectivity index (χ3n) is 2.31. The Balaban J connectivity index is 2.37. The van der Waals surface area contributed by atoms with Gasteiger partial charge in [-0.3, -0.25) is 9.59 Å². The van der Waals surface area contributed by atoms with Crippen LogP contribution in [0, 0.1) is 0 Å². The van der Waals surface area contributed by atoms with Gasteiger partial charge < -0.3 is 15.4 Å². The second-order valence-corrected chi connectivity index (χ2v) is 4.37. The van der Waals surface area contributed by atoms with Crippen molar-refractivity contribution in [3.05, 3.63) is 29.3 Å². The van der Waals surface area contributed by atoms with Crippen LogP contribution in [0.5, 0.6) is 5.75 Å². The smallest absolute Gasteiger partial charge is 0.260 e. The van der Waals surface area contributed by atoms with E-state index in [1.807, 2.05) is 0 Å². The highest BCUT2D eigenvalue weighted by Gasteiger charge is 2.15. The number of para-hydroxylation sites is 1. The van der Waals surface area contributed by atoms with Crippen molar-refractivity contribution in [2.45, 2.75) is 20.0 Å². The molecule has 0 saturated heterocycles. The van der Waals surface area contributed by atoms with Crippen LogP contribution in [0.25, 0.3) is 0 Å². The van der Waals surface area contributed by atoms with E-state index >= 15 is 0 Å². The maximum atomic E-state index is 11.7. The number of ether oxygens (including phenoxy) is 1. The van der Waals surface area contributed by atoms with Crippen molar-refractivity contribution in [2.75, 3.05) is 13.1 Å². The van der Waals surface area contributed by atoms with Crippen molar-refractivity contribution in [3.63, 3.8) is 0 Å². The van der Waals surface area contributed by atoms with Crippen LogP contribution in [0.15, 0.2) is 24.3 Å². The second kappa shape index (κ2) is 7.63. The van der Waals surface area contributed by atoms with E-state index in [1.54, 1.807) is 31.2 Å². The first kappa shape index (κ1) is 15.3. The number of amides is 2. The molecule has 0 radical (unpaired) electrons. The minimum atomic E-state index is -0.655. The highest BCUT2D eigenvalue weighted by molar-refractivity contribution is 6.32. The van der Waals surface area contributed by atoms with E-state index in [0.29, 0.717) is 23.9 Å². The van der Waals surface area contributed by atoms with Crippen LogP contribution in [0.1, 0.15) is 13.8 Å². The third kappa shape index (κ3) is 5.61. The molecule has 104 valence electrons. The van der Waals surface area contributed by atoms with Gasteiger partial charge in [0, 0.05) is 20.0 Å². The summed E-state index contributed by atoms with van der Waals surface area (Å²) in [7, 11) is 0. The molecule has 0 heterocycles. The van der Waals surface area contributed by atoms with Crippen molar-refractivity contribution < 1.29 is 14.3 Å². The number of nitrogens with one attached hydrogen (secondary N) is 2. The van der Waals surface area contributed by atoms with E-state index < -0.39 is 6.10 Å². The summed E-state index contributed by atoms with van der Waals surface area (Å²) in [4.78, 5) is 22.3. The van der Waals surface area contributed by atoms with Crippen LogP contribution >= 0.6 is 11.6 Å². The van der Waals surface area contributed by atoms with Crippen molar-refractivity contribution in [1.29, 1.82) is 0 Å². The summed E-state index contributed by atoms with van der Waals surface area (Å²) < 4.78 is 5.45. The number of halogens is 1. The van der Waals surface area contributed by atoms with E-state index in [0.717, 1.165) is 0 Å². The predicted molar refractivity (Wildman–Crippen MR) is 73.2 cm³/mol. The molecule has 0 spiro atoms. The third-order valence-corrected chi connectivity index (χ3v) is 2.62. The molecule has 6 heteroatoms. The molecule has 0 aliphatic carbocycles. The Morgan fingerprint density at radius 1 is 1.26 bits per heavy atom. The topological polar surface area (TPSA) is 67.4 Å². The SMILES string of the molecule is CC(=O)NCCNC(=O)C(C)Oc1ccccc1Cl. The molecule has 1 atom stereocenters. The fourth-order valence-corrected chi connectivity index (χ4v) is 1.53. The molecule has 19 heavy (non-hydrogen) atoms. The molecule has 2 amide bonds. The Labute approximate surface area is 117 Å². The monoisotopic (exact) mass is 284 g/mol. The molecule has 1 unspecified atom stereocenters. The summed E-state index contributed by atoms with van der Waals surface area (Å²) in [6.45, 7) is 3.80. The highest BCUT2D eigenvalue weighted by atomic mass is 35.5. The van der Waals surface area contributed by atoms with Crippen molar-refractivity contribution in [1.82, 2.24) is 10.6 Å². The molecule has 0 bridgehead atoms. The van der Waals surface area contributed by atoms with Crippen molar-refractivity contribution in [3.8, 4) is 5.75 Å². The van der Waals surface area contributed by atoms with Gasteiger partial charge in [0.05, 0.1) is 5.02 Å². The molecular weight excluding hydrogens is 268 g/mol. The zero-order valence-electron chi connectivity index (χ0n) is 10.9. The maximum Gasteiger partial charge on any atom is 0.260 e. The van der Waals surface area contributed by atoms with E-state index in [-0.39, 0.29) is 11.8 Å². The molecule has 1 aromatic carbocycles. The highest BCUT2D eigenvalue weighted by Crippen LogP contribution is 2.24. The van der Waals surface area contributed by atoms with E-state index in [4.69, 9.17) is 16.3 Å². The van der Waals surface area contributed by atoms with Crippen LogP contribution in [0.2, 0.25) is 5.02 Å². The van der Waals surface area contributed by atoms with Gasteiger partial charge in [0.1, 0.15) is 5.75 Å². The van der Waals surface area contributed by atoms with Crippen molar-refractivity contribution >= 4 is 23.4 Å². The van der Waals surface area contributed by atoms with Gasteiger partial charge >= 0.3 is 0 Å². The van der Waals surface area contributed by atoms with Gasteiger partial charge in [-0.2, -0.15) is 0 Å². The molecule has 0 saturated carbocycles. The fourth-order valence-electron chi connectivity index (χ4n) is 1.35. The fraction of sp³-hybridized carbons (Fsp3) is 0.385. The number of benzene rings is 1. The lowest BCUT2D eigenvalue weighted by atomic mass is 10.3. The first-order valence-corrected chi connectivity index (χ1v) is 6.32. The summed E-state index contributed by atoms with van der Waals surface area (Å²) in [5, 5.41) is 5.70. The molecular formula is C13H17ClN2O3. The molecule has 1 rings (SSSR count). The van der Waals surface area contributed by atoms with Crippen LogP contribution in [0.4, 0.5) is 0 Å². The first-order chi connectivity index (χ1) is 9.00. The van der Waals surface area contributed by atoms with Crippen LogP contribution in [-0.4, -0.2) is 31.0 Å². The zero-order valence-corrected chi connectivity index (χ0v) is 11.7. The second-order valence-electron chi connectivity index (χ2n) is 3.96. The average Bonchev–Trinajstić information content (AvgIpc) is 2.36. The van der Waals surface area contributed by atoms with Gasteiger partial charge in [0.2, 0.25) is 5.91 Å². The van der Waals surface area contributed by atoms with Gasteiger partial charge in [-0.25, -0.2) is 0 Å². The summed E-state index contributed by atoms with van der Waals surface area (Å²) in [6.07, 6.45) is -0.655. The molecule has 0 aliphatic heterocycles. The lowest BCUT2D eigenvalue weighted by Gasteiger charge is -2.15. The zero-order chi connectivity index (χ0) is 14.3. The minimum Gasteiger partial charge on any atom is -0.479 e. The number of rotatable bonds is 6. The number of hydrogen-bond acceptors (Lipinski definition) is 3. The number of carbonyl (C=O) groups is 2. The van der Waals surface area contributed by atoms with Crippen LogP contribution in [-0.2, 0) is 9.59 Å². The molecule has 1 aromatic rings. The Hall–Kier alpha value is -1.75. The lowest BCUT2D eigenvalue weighted by Crippen LogP contribution is -2.40. The average molecular weight is 285 g/mol. The van der Waals surface area contributed by atoms with Gasteiger partial charge in [-0.05, 0) is 19.1 Å². The van der Waals surface area contributed by atoms with Gasteiger partial charge in [-0.15, -0.1) is 0 Å². The minimum absolute atomic E-state index is 0.130. The molecule has 5 nitrogen and oxygen atoms in total. The Morgan fingerprint density at radius 2 is 1.89 bits per heavy atom. The Bertz CT molecular complexity index is 451. The van der Waals surface area contributed by atoms with Crippen molar-refractivity contribution in [2.24, 2.45) is 0 Å². The summed E-state index contributed by atoms with van der Waals surface area (Å²) in [6, 6.07) is 6.96. The predicted octanol–water partition coefficient (Wildman–Crippen LogP) is 1.36. The Morgan fingerprint density at radius 3 is 2.53 bits per heavy atom. The maximum absolute atomic E-state index is 11.7. The Kier molecular flexibility index (Phi) is 6.15. The standard InChI is InChI=1S/C13H17ClN2O3/c1-9(13(18)16-8-7-15-10(2)17)19-12-6-4-3-5-11(12)14/h3-6,9H,7-8H2,1-2H3,(H,15,17)(H,16,18). The van der Waals surface area contributed by atoms with E-state index in [2.05, 4.69) is 10.6 Å². The van der Waals surface area contributed by atoms with E-state index in [1.165, 1.54) is 6.92 Å². The molecule has 0 fully saturated rings. The number of carbonyl (C=O) groups excluding carboxylic acids is 2. The summed E-state index contributed by atoms with van der Waals surface area (Å²) >= 11 is 5.93. The van der Waals surface area contributed by atoms with E-state index in [9.17, 15) is 9.59 Å². The normalized spacial score (nSPS) is 11.5. The van der Waals surface area contributed by atoms with Crippen LogP contribution in [0.3, 0.4) is 0 Å². The quantitative estimate of drug-likeness (QED) is 0.775. The lowest BCUT2D eigenvalue weighted by molar-refractivity contribution is -0.127. The molecule has 0 aromatic heterocycles. The summed E-state index contributed by atoms with van der Waals surface area (Å²) in [5.41, 5.74) is 0. The number of hydrogen-bond donors (Lipinski definition) is 2. The first-order valence-electron chi connectivity index (χ1n) is 5.94. The molecule has 0 aliphatic rings. The van der Waals surface area contributed by atoms with Gasteiger partial charge in [-0.1, -0.05) is 23.7 Å². The summed E-state index contributed by atoms with van der Waals surface area (Å²) in [5.74, 6) is 0.0774.